The summed E-state index contributed by atoms with van der Waals surface area (Å²) in [6.45, 7) is 3.67. The number of imidazole rings is 1. The monoisotopic (exact) mass is 413 g/mol. The highest BCUT2D eigenvalue weighted by atomic mass is 32.2. The number of nitrogens with zero attached hydrogens (tertiary/aromatic N) is 3. The van der Waals surface area contributed by atoms with Crippen molar-refractivity contribution in [2.75, 3.05) is 12.0 Å². The molecular formula is C21H27N5O2S. The second kappa shape index (κ2) is 9.17. The summed E-state index contributed by atoms with van der Waals surface area (Å²) in [5.41, 5.74) is 8.53. The number of hydrogen-bond donors (Lipinski definition) is 2. The minimum Gasteiger partial charge on any atom is -0.384 e. The van der Waals surface area contributed by atoms with E-state index in [1.165, 1.54) is 31.7 Å². The number of pyridine rings is 1. The molecule has 0 radical (unpaired) electrons. The van der Waals surface area contributed by atoms with Crippen LogP contribution in [0.4, 0.5) is 5.82 Å². The van der Waals surface area contributed by atoms with Crippen molar-refractivity contribution in [3.05, 3.63) is 54.3 Å². The van der Waals surface area contributed by atoms with E-state index in [1.54, 1.807) is 24.6 Å². The van der Waals surface area contributed by atoms with Gasteiger partial charge in [-0.05, 0) is 30.9 Å². The van der Waals surface area contributed by atoms with Gasteiger partial charge in [-0.1, -0.05) is 38.0 Å². The number of nitrogens with one attached hydrogen (secondary N) is 1. The van der Waals surface area contributed by atoms with E-state index in [-0.39, 0.29) is 4.90 Å². The first-order valence-electron chi connectivity index (χ1n) is 9.73. The van der Waals surface area contributed by atoms with Gasteiger partial charge in [-0.2, -0.15) is 0 Å². The fourth-order valence-electron chi connectivity index (χ4n) is 3.54. The van der Waals surface area contributed by atoms with Crippen molar-refractivity contribution in [3.63, 3.8) is 0 Å². The maximum Gasteiger partial charge on any atom is 0.177 e. The first kappa shape index (κ1) is 21.0. The van der Waals surface area contributed by atoms with Crippen LogP contribution in [0, 0.1) is 0 Å². The molecule has 0 unspecified atom stereocenters. The molecule has 3 N–H and O–H groups in total. The Morgan fingerprint density at radius 3 is 2.79 bits per heavy atom. The summed E-state index contributed by atoms with van der Waals surface area (Å²) in [6.07, 6.45) is 15.6. The first-order valence-corrected chi connectivity index (χ1v) is 11.6. The molecule has 0 amide bonds. The number of anilines is 1. The summed E-state index contributed by atoms with van der Waals surface area (Å²) in [5, 5.41) is 0. The number of aromatic nitrogens is 3. The van der Waals surface area contributed by atoms with Gasteiger partial charge >= 0.3 is 0 Å². The highest BCUT2D eigenvalue weighted by molar-refractivity contribution is 7.90. The van der Waals surface area contributed by atoms with Crippen molar-refractivity contribution in [1.82, 2.24) is 15.0 Å². The van der Waals surface area contributed by atoms with Crippen molar-refractivity contribution in [2.24, 2.45) is 4.99 Å². The summed E-state index contributed by atoms with van der Waals surface area (Å²) in [6, 6.07) is 1.62. The van der Waals surface area contributed by atoms with Gasteiger partial charge in [0.05, 0.1) is 10.6 Å². The highest BCUT2D eigenvalue weighted by Gasteiger charge is 2.22. The van der Waals surface area contributed by atoms with Crippen LogP contribution in [0.25, 0.3) is 5.70 Å². The predicted molar refractivity (Wildman–Crippen MR) is 117 cm³/mol. The third kappa shape index (κ3) is 5.41. The quantitative estimate of drug-likeness (QED) is 0.672. The first-order chi connectivity index (χ1) is 13.9. The van der Waals surface area contributed by atoms with E-state index in [2.05, 4.69) is 21.5 Å². The van der Waals surface area contributed by atoms with Gasteiger partial charge in [-0.15, -0.1) is 0 Å². The molecule has 0 saturated heterocycles. The second-order valence-corrected chi connectivity index (χ2v) is 9.34. The molecular weight excluding hydrogens is 386 g/mol. The molecule has 154 valence electrons. The smallest absolute Gasteiger partial charge is 0.177 e. The zero-order chi connectivity index (χ0) is 20.9. The van der Waals surface area contributed by atoms with Crippen molar-refractivity contribution < 1.29 is 8.42 Å². The summed E-state index contributed by atoms with van der Waals surface area (Å²) in [5.74, 6) is 1.58. The maximum absolute atomic E-state index is 11.8. The number of allylic oxidation sites excluding steroid dienone is 2. The van der Waals surface area contributed by atoms with Gasteiger partial charge in [0.2, 0.25) is 0 Å². The Hall–Kier alpha value is -2.74. The lowest BCUT2D eigenvalue weighted by molar-refractivity contribution is 0.438. The molecule has 8 heteroatoms. The van der Waals surface area contributed by atoms with Crippen LogP contribution in [-0.2, 0) is 16.3 Å². The number of aromatic amines is 1. The summed E-state index contributed by atoms with van der Waals surface area (Å²) in [7, 11) is -3.31. The Kier molecular flexibility index (Phi) is 6.64. The van der Waals surface area contributed by atoms with Gasteiger partial charge in [-0.25, -0.2) is 13.4 Å². The molecule has 0 atom stereocenters. The van der Waals surface area contributed by atoms with Crippen LogP contribution in [0.1, 0.15) is 55.1 Å². The summed E-state index contributed by atoms with van der Waals surface area (Å²) < 4.78 is 23.5. The Morgan fingerprint density at radius 1 is 1.34 bits per heavy atom. The molecule has 0 aliphatic heterocycles. The lowest BCUT2D eigenvalue weighted by atomic mass is 9.87. The van der Waals surface area contributed by atoms with E-state index in [4.69, 9.17) is 10.7 Å². The molecule has 1 saturated carbocycles. The van der Waals surface area contributed by atoms with Crippen LogP contribution >= 0.6 is 0 Å². The third-order valence-corrected chi connectivity index (χ3v) is 6.12. The van der Waals surface area contributed by atoms with Gasteiger partial charge in [0, 0.05) is 30.8 Å². The molecule has 7 nitrogen and oxygen atoms in total. The van der Waals surface area contributed by atoms with E-state index in [9.17, 15) is 8.42 Å². The van der Waals surface area contributed by atoms with Crippen LogP contribution in [0.2, 0.25) is 0 Å². The van der Waals surface area contributed by atoms with Crippen LogP contribution in [0.15, 0.2) is 47.1 Å². The Balaban J connectivity index is 1.89. The van der Waals surface area contributed by atoms with E-state index in [0.717, 1.165) is 24.1 Å². The van der Waals surface area contributed by atoms with Gasteiger partial charge in [-0.3, -0.25) is 9.98 Å². The molecule has 1 aliphatic rings. The van der Waals surface area contributed by atoms with Gasteiger partial charge in [0.25, 0.3) is 0 Å². The predicted octanol–water partition coefficient (Wildman–Crippen LogP) is 3.68. The molecule has 1 fully saturated rings. The summed E-state index contributed by atoms with van der Waals surface area (Å²) in [4.78, 5) is 16.6. The fourth-order valence-corrected chi connectivity index (χ4v) is 4.16. The molecule has 2 aromatic rings. The Labute approximate surface area is 171 Å². The van der Waals surface area contributed by atoms with E-state index in [0.29, 0.717) is 29.7 Å². The van der Waals surface area contributed by atoms with E-state index < -0.39 is 9.84 Å². The third-order valence-electron chi connectivity index (χ3n) is 5.04. The van der Waals surface area contributed by atoms with Crippen LogP contribution in [-0.4, -0.2) is 35.8 Å². The molecule has 0 bridgehead atoms. The number of hydrogen-bond acceptors (Lipinski definition) is 6. The minimum atomic E-state index is -3.31. The number of rotatable bonds is 7. The zero-order valence-corrected chi connectivity index (χ0v) is 17.5. The number of nitrogens with two attached hydrogens (primary N) is 1. The van der Waals surface area contributed by atoms with Gasteiger partial charge in [0.15, 0.2) is 15.7 Å². The zero-order valence-electron chi connectivity index (χ0n) is 16.6. The van der Waals surface area contributed by atoms with Crippen molar-refractivity contribution >= 4 is 27.6 Å². The number of sulfone groups is 1. The molecule has 0 spiro atoms. The Bertz CT molecular complexity index is 1030. The number of H-pyrrole nitrogens is 1. The molecule has 2 aromatic heterocycles. The molecule has 3 rings (SSSR count). The molecule has 29 heavy (non-hydrogen) atoms. The largest absolute Gasteiger partial charge is 0.384 e. The SMILES string of the molecule is C=C/C=N\C(=C/Cc1cncc(S(C)(=O)=O)c1)c1nc(C2CCCCC2)c(N)[nH]1. The standard InChI is InChI=1S/C21H27N5O2S/c1-3-11-24-18(10-9-15-12-17(14-23-13-15)29(2,27)28)21-25-19(20(22)26-21)16-7-5-4-6-8-16/h3,10-14,16H,1,4-9,22H2,2H3,(H,25,26)/b18-10-,24-11-. The van der Waals surface area contributed by atoms with E-state index in [1.807, 2.05) is 6.08 Å². The van der Waals surface area contributed by atoms with Crippen LogP contribution in [0.5, 0.6) is 0 Å². The van der Waals surface area contributed by atoms with Gasteiger partial charge in [0.1, 0.15) is 11.5 Å². The average molecular weight is 414 g/mol. The molecule has 0 aromatic carbocycles. The average Bonchev–Trinajstić information content (AvgIpc) is 3.10. The maximum atomic E-state index is 11.8. The second-order valence-electron chi connectivity index (χ2n) is 7.33. The topological polar surface area (TPSA) is 114 Å². The molecule has 2 heterocycles. The van der Waals surface area contributed by atoms with E-state index >= 15 is 0 Å². The van der Waals surface area contributed by atoms with Crippen molar-refractivity contribution in [2.45, 2.75) is 49.3 Å². The minimum absolute atomic E-state index is 0.196. The number of nitrogen functional groups attached to an aromatic ring is 1. The van der Waals surface area contributed by atoms with Crippen LogP contribution in [0.3, 0.4) is 0 Å². The van der Waals surface area contributed by atoms with Crippen LogP contribution < -0.4 is 5.73 Å². The lowest BCUT2D eigenvalue weighted by Crippen LogP contribution is -2.07. The van der Waals surface area contributed by atoms with Crippen molar-refractivity contribution in [1.29, 1.82) is 0 Å². The molecule has 1 aliphatic carbocycles. The normalized spacial score (nSPS) is 16.4. The Morgan fingerprint density at radius 2 is 2.10 bits per heavy atom. The van der Waals surface area contributed by atoms with Crippen molar-refractivity contribution in [3.8, 4) is 0 Å². The lowest BCUT2D eigenvalue weighted by Gasteiger charge is -2.19. The summed E-state index contributed by atoms with van der Waals surface area (Å²) >= 11 is 0. The number of aliphatic imine (C=N–C) groups is 1. The fraction of sp³-hybridized carbons (Fsp3) is 0.381. The van der Waals surface area contributed by atoms with Gasteiger partial charge < -0.3 is 10.7 Å². The highest BCUT2D eigenvalue weighted by Crippen LogP contribution is 2.35.